The molecule has 7 heteroatoms. The fraction of sp³-hybridized carbons (Fsp3) is 0.105. The highest BCUT2D eigenvalue weighted by atomic mass is 35.5. The zero-order chi connectivity index (χ0) is 18.3. The first-order chi connectivity index (χ1) is 12.5. The molecule has 2 N–H and O–H groups in total. The fourth-order valence-corrected chi connectivity index (χ4v) is 3.25. The van der Waals surface area contributed by atoms with Gasteiger partial charge >= 0.3 is 0 Å². The molecule has 0 spiro atoms. The molecule has 130 valence electrons. The molecule has 1 atom stereocenters. The van der Waals surface area contributed by atoms with Gasteiger partial charge < -0.3 is 14.7 Å². The van der Waals surface area contributed by atoms with Crippen LogP contribution in [0.1, 0.15) is 16.8 Å². The van der Waals surface area contributed by atoms with Gasteiger partial charge in [0.2, 0.25) is 5.56 Å². The number of aliphatic hydroxyl groups is 1. The van der Waals surface area contributed by atoms with Crippen molar-refractivity contribution in [1.29, 1.82) is 0 Å². The van der Waals surface area contributed by atoms with E-state index < -0.39 is 5.60 Å². The quantitative estimate of drug-likeness (QED) is 0.546. The molecule has 0 aliphatic heterocycles. The topological polar surface area (TPSA) is 83.8 Å². The number of nitrogens with zero attached hydrogens (tertiary/aromatic N) is 3. The normalized spacial score (nSPS) is 13.7. The minimum absolute atomic E-state index is 0.172. The summed E-state index contributed by atoms with van der Waals surface area (Å²) in [5, 5.41) is 12.9. The number of fused-ring (bicyclic) bond motifs is 1. The fourth-order valence-electron chi connectivity index (χ4n) is 3.14. The Morgan fingerprint density at radius 1 is 1.12 bits per heavy atom. The molecule has 4 aromatic rings. The van der Waals surface area contributed by atoms with E-state index in [0.29, 0.717) is 27.5 Å². The third-order valence-corrected chi connectivity index (χ3v) is 4.70. The Kier molecular flexibility index (Phi) is 3.86. The first-order valence-corrected chi connectivity index (χ1v) is 8.31. The number of rotatable bonds is 3. The van der Waals surface area contributed by atoms with Crippen molar-refractivity contribution in [3.63, 3.8) is 0 Å². The van der Waals surface area contributed by atoms with Crippen LogP contribution in [0.25, 0.3) is 10.9 Å². The van der Waals surface area contributed by atoms with Crippen LogP contribution >= 0.6 is 11.6 Å². The number of benzene rings is 1. The number of hydrogen-bond donors (Lipinski definition) is 2. The molecule has 3 heterocycles. The highest BCUT2D eigenvalue weighted by molar-refractivity contribution is 6.29. The molecule has 1 aromatic carbocycles. The van der Waals surface area contributed by atoms with Crippen LogP contribution in [-0.2, 0) is 12.6 Å². The molecular weight excluding hydrogens is 352 g/mol. The number of aromatic amines is 1. The monoisotopic (exact) mass is 366 g/mol. The van der Waals surface area contributed by atoms with E-state index in [1.807, 2.05) is 13.1 Å². The lowest BCUT2D eigenvalue weighted by atomic mass is 9.84. The molecule has 6 nitrogen and oxygen atoms in total. The first-order valence-electron chi connectivity index (χ1n) is 7.93. The van der Waals surface area contributed by atoms with Crippen LogP contribution in [0.15, 0.2) is 66.0 Å². The van der Waals surface area contributed by atoms with E-state index in [0.717, 1.165) is 5.39 Å². The van der Waals surface area contributed by atoms with E-state index in [2.05, 4.69) is 15.0 Å². The van der Waals surface area contributed by atoms with Crippen molar-refractivity contribution in [2.75, 3.05) is 0 Å². The summed E-state index contributed by atoms with van der Waals surface area (Å²) < 4.78 is 1.76. The molecule has 0 saturated carbocycles. The Morgan fingerprint density at radius 2 is 1.92 bits per heavy atom. The lowest BCUT2D eigenvalue weighted by Gasteiger charge is -2.29. The Hall–Kier alpha value is -2.96. The predicted octanol–water partition coefficient (Wildman–Crippen LogP) is 2.59. The van der Waals surface area contributed by atoms with E-state index in [4.69, 9.17) is 11.6 Å². The van der Waals surface area contributed by atoms with Gasteiger partial charge in [0.1, 0.15) is 5.15 Å². The maximum atomic E-state index is 11.8. The van der Waals surface area contributed by atoms with Gasteiger partial charge in [0.25, 0.3) is 0 Å². The molecule has 0 aliphatic rings. The summed E-state index contributed by atoms with van der Waals surface area (Å²) in [6, 6.07) is 11.9. The van der Waals surface area contributed by atoms with Gasteiger partial charge in [-0.2, -0.15) is 0 Å². The van der Waals surface area contributed by atoms with Gasteiger partial charge in [-0.05, 0) is 35.2 Å². The van der Waals surface area contributed by atoms with Gasteiger partial charge in [0, 0.05) is 30.4 Å². The zero-order valence-electron chi connectivity index (χ0n) is 13.8. The summed E-state index contributed by atoms with van der Waals surface area (Å²) in [7, 11) is 1.81. The number of hydrogen-bond acceptors (Lipinski definition) is 4. The Bertz CT molecular complexity index is 1150. The minimum atomic E-state index is -1.48. The second kappa shape index (κ2) is 6.09. The van der Waals surface area contributed by atoms with Crippen molar-refractivity contribution in [3.05, 3.63) is 93.5 Å². The molecule has 4 rings (SSSR count). The number of imidazole rings is 1. The second-order valence-corrected chi connectivity index (χ2v) is 6.48. The van der Waals surface area contributed by atoms with Crippen LogP contribution in [0.3, 0.4) is 0 Å². The van der Waals surface area contributed by atoms with Gasteiger partial charge in [0.05, 0.1) is 18.2 Å². The summed E-state index contributed by atoms with van der Waals surface area (Å²) in [5.41, 5.74) is 0.828. The molecule has 0 amide bonds. The summed E-state index contributed by atoms with van der Waals surface area (Å²) in [5.74, 6) is 0. The van der Waals surface area contributed by atoms with Crippen LogP contribution < -0.4 is 5.56 Å². The predicted molar refractivity (Wildman–Crippen MR) is 99.1 cm³/mol. The maximum Gasteiger partial charge on any atom is 0.248 e. The molecule has 1 unspecified atom stereocenters. The molecule has 0 bridgehead atoms. The van der Waals surface area contributed by atoms with Crippen molar-refractivity contribution in [2.24, 2.45) is 7.05 Å². The van der Waals surface area contributed by atoms with E-state index in [1.54, 1.807) is 53.6 Å². The zero-order valence-corrected chi connectivity index (χ0v) is 14.6. The summed E-state index contributed by atoms with van der Waals surface area (Å²) in [6.45, 7) is 0. The van der Waals surface area contributed by atoms with Gasteiger partial charge in [-0.3, -0.25) is 4.79 Å². The standard InChI is InChI=1S/C19H15ClN4O2/c1-24-11-21-10-16(24)19(26,14-4-6-17(20)22-9-14)13-3-5-15-12(8-13)2-7-18(25)23-15/h2-11,26H,1H3,(H,23,25). The second-order valence-electron chi connectivity index (χ2n) is 6.09. The molecular formula is C19H15ClN4O2. The lowest BCUT2D eigenvalue weighted by molar-refractivity contribution is 0.117. The Labute approximate surface area is 153 Å². The summed E-state index contributed by atoms with van der Waals surface area (Å²) >= 11 is 5.91. The van der Waals surface area contributed by atoms with Gasteiger partial charge in [-0.1, -0.05) is 23.7 Å². The van der Waals surface area contributed by atoms with Crippen LogP contribution in [0.4, 0.5) is 0 Å². The van der Waals surface area contributed by atoms with Crippen molar-refractivity contribution in [2.45, 2.75) is 5.60 Å². The molecule has 0 fully saturated rings. The largest absolute Gasteiger partial charge is 0.374 e. The maximum absolute atomic E-state index is 11.8. The summed E-state index contributed by atoms with van der Waals surface area (Å²) in [4.78, 5) is 22.5. The molecule has 0 radical (unpaired) electrons. The molecule has 0 aliphatic carbocycles. The van der Waals surface area contributed by atoms with Crippen molar-refractivity contribution in [3.8, 4) is 0 Å². The molecule has 3 aromatic heterocycles. The number of aromatic nitrogens is 4. The average molecular weight is 367 g/mol. The minimum Gasteiger partial charge on any atom is -0.374 e. The number of pyridine rings is 2. The van der Waals surface area contributed by atoms with Crippen LogP contribution in [0.5, 0.6) is 0 Å². The Morgan fingerprint density at radius 3 is 2.62 bits per heavy atom. The van der Waals surface area contributed by atoms with E-state index in [1.165, 1.54) is 6.07 Å². The Balaban J connectivity index is 1.99. The van der Waals surface area contributed by atoms with E-state index in [-0.39, 0.29) is 5.56 Å². The molecule has 0 saturated heterocycles. The SMILES string of the molecule is Cn1cncc1C(O)(c1ccc(Cl)nc1)c1ccc2[nH]c(=O)ccc2c1. The first kappa shape index (κ1) is 16.5. The number of H-pyrrole nitrogens is 1. The number of halogens is 1. The lowest BCUT2D eigenvalue weighted by Crippen LogP contribution is -2.31. The van der Waals surface area contributed by atoms with E-state index >= 15 is 0 Å². The van der Waals surface area contributed by atoms with Crippen molar-refractivity contribution in [1.82, 2.24) is 19.5 Å². The third-order valence-electron chi connectivity index (χ3n) is 4.47. The van der Waals surface area contributed by atoms with Gasteiger partial charge in [-0.25, -0.2) is 9.97 Å². The number of nitrogens with one attached hydrogen (secondary N) is 1. The van der Waals surface area contributed by atoms with E-state index in [9.17, 15) is 9.90 Å². The highest BCUT2D eigenvalue weighted by Crippen LogP contribution is 2.37. The van der Waals surface area contributed by atoms with Gasteiger partial charge in [-0.15, -0.1) is 0 Å². The smallest absolute Gasteiger partial charge is 0.248 e. The number of aryl methyl sites for hydroxylation is 1. The van der Waals surface area contributed by atoms with Crippen LogP contribution in [-0.4, -0.2) is 24.6 Å². The highest BCUT2D eigenvalue weighted by Gasteiger charge is 2.37. The van der Waals surface area contributed by atoms with Crippen molar-refractivity contribution < 1.29 is 5.11 Å². The summed E-state index contributed by atoms with van der Waals surface area (Å²) in [6.07, 6.45) is 4.79. The average Bonchev–Trinajstić information content (AvgIpc) is 3.07. The van der Waals surface area contributed by atoms with Crippen LogP contribution in [0, 0.1) is 0 Å². The third kappa shape index (κ3) is 2.60. The van der Waals surface area contributed by atoms with Crippen molar-refractivity contribution >= 4 is 22.5 Å². The van der Waals surface area contributed by atoms with Crippen LogP contribution in [0.2, 0.25) is 5.15 Å². The molecule has 26 heavy (non-hydrogen) atoms. The van der Waals surface area contributed by atoms with Gasteiger partial charge in [0.15, 0.2) is 5.60 Å².